The van der Waals surface area contributed by atoms with E-state index in [-0.39, 0.29) is 17.0 Å². The van der Waals surface area contributed by atoms with Gasteiger partial charge in [-0.15, -0.1) is 0 Å². The molecule has 0 saturated carbocycles. The van der Waals surface area contributed by atoms with Gasteiger partial charge in [0.15, 0.2) is 0 Å². The van der Waals surface area contributed by atoms with E-state index in [0.717, 1.165) is 30.0 Å². The number of nitrogens with one attached hydrogen (secondary N) is 1. The van der Waals surface area contributed by atoms with Gasteiger partial charge in [-0.3, -0.25) is 9.59 Å². The molecule has 1 fully saturated rings. The average Bonchev–Trinajstić information content (AvgIpc) is 2.92. The van der Waals surface area contributed by atoms with E-state index in [9.17, 15) is 22.8 Å². The minimum atomic E-state index is -4.52. The van der Waals surface area contributed by atoms with Gasteiger partial charge in [-0.1, -0.05) is 24.3 Å². The summed E-state index contributed by atoms with van der Waals surface area (Å²) in [5.74, 6) is 0.379. The molecule has 1 aliphatic heterocycles. The maximum atomic E-state index is 13.2. The fourth-order valence-corrected chi connectivity index (χ4v) is 4.78. The van der Waals surface area contributed by atoms with E-state index in [1.165, 1.54) is 19.1 Å². The largest absolute Gasteiger partial charge is 0.481 e. The van der Waals surface area contributed by atoms with E-state index in [4.69, 9.17) is 4.74 Å². The highest BCUT2D eigenvalue weighted by Gasteiger charge is 2.33. The van der Waals surface area contributed by atoms with Crippen molar-refractivity contribution in [3.63, 3.8) is 0 Å². The van der Waals surface area contributed by atoms with Crippen molar-refractivity contribution >= 4 is 17.5 Å². The monoisotopic (exact) mass is 525 g/mol. The number of amides is 2. The molecule has 0 aliphatic carbocycles. The number of aromatic nitrogens is 1. The number of methoxy groups -OCH3 is 1. The second-order valence-electron chi connectivity index (χ2n) is 9.42. The Morgan fingerprint density at radius 2 is 1.76 bits per heavy atom. The Balaban J connectivity index is 1.28. The highest BCUT2D eigenvalue weighted by Crippen LogP contribution is 2.33. The van der Waals surface area contributed by atoms with Crippen LogP contribution >= 0.6 is 0 Å². The number of piperidine rings is 1. The molecule has 200 valence electrons. The molecule has 3 aromatic rings. The summed E-state index contributed by atoms with van der Waals surface area (Å²) in [4.78, 5) is 31.4. The molecule has 6 nitrogen and oxygen atoms in total. The van der Waals surface area contributed by atoms with E-state index in [1.54, 1.807) is 31.5 Å². The molecule has 9 heteroatoms. The van der Waals surface area contributed by atoms with Gasteiger partial charge < -0.3 is 15.0 Å². The number of halogens is 3. The van der Waals surface area contributed by atoms with Crippen LogP contribution in [0.1, 0.15) is 57.8 Å². The van der Waals surface area contributed by atoms with E-state index in [2.05, 4.69) is 10.3 Å². The lowest BCUT2D eigenvalue weighted by molar-refractivity contribution is -0.138. The predicted molar refractivity (Wildman–Crippen MR) is 138 cm³/mol. The first-order valence-electron chi connectivity index (χ1n) is 12.5. The Labute approximate surface area is 219 Å². The third-order valence-corrected chi connectivity index (χ3v) is 7.01. The molecule has 2 aromatic carbocycles. The number of carbonyl (C=O) groups is 2. The van der Waals surface area contributed by atoms with E-state index < -0.39 is 17.6 Å². The van der Waals surface area contributed by atoms with Crippen molar-refractivity contribution < 1.29 is 27.5 Å². The molecule has 0 atom stereocenters. The number of likely N-dealkylation sites (tertiary alicyclic amines) is 1. The fraction of sp³-hybridized carbons (Fsp3) is 0.345. The molecule has 2 heterocycles. The maximum Gasteiger partial charge on any atom is 0.416 e. The number of hydrogen-bond donors (Lipinski definition) is 1. The van der Waals surface area contributed by atoms with Gasteiger partial charge >= 0.3 is 6.18 Å². The van der Waals surface area contributed by atoms with Crippen LogP contribution in [-0.4, -0.2) is 41.9 Å². The minimum Gasteiger partial charge on any atom is -0.481 e. The number of alkyl halides is 3. The number of aryl methyl sites for hydroxylation is 1. The van der Waals surface area contributed by atoms with Crippen molar-refractivity contribution in [3.8, 4) is 5.88 Å². The quantitative estimate of drug-likeness (QED) is 0.410. The summed E-state index contributed by atoms with van der Waals surface area (Å²) in [5.41, 5.74) is 1.68. The number of nitrogens with zero attached hydrogens (tertiary/aromatic N) is 2. The molecule has 0 bridgehead atoms. The summed E-state index contributed by atoms with van der Waals surface area (Å²) in [5, 5.41) is 2.69. The molecule has 1 N–H and O–H groups in total. The summed E-state index contributed by atoms with van der Waals surface area (Å²) in [6.45, 7) is 2.66. The van der Waals surface area contributed by atoms with Crippen molar-refractivity contribution in [1.82, 2.24) is 9.88 Å². The van der Waals surface area contributed by atoms with Gasteiger partial charge in [-0.2, -0.15) is 13.2 Å². The summed E-state index contributed by atoms with van der Waals surface area (Å²) >= 11 is 0. The molecule has 0 unspecified atom stereocenters. The Hall–Kier alpha value is -3.88. The number of anilines is 1. The Morgan fingerprint density at radius 1 is 1.05 bits per heavy atom. The number of ether oxygens (including phenoxy) is 1. The molecule has 38 heavy (non-hydrogen) atoms. The van der Waals surface area contributed by atoms with E-state index in [0.29, 0.717) is 43.4 Å². The molecule has 2 amide bonds. The van der Waals surface area contributed by atoms with Crippen LogP contribution in [0.15, 0.2) is 60.8 Å². The maximum absolute atomic E-state index is 13.2. The lowest BCUT2D eigenvalue weighted by Crippen LogP contribution is -2.38. The topological polar surface area (TPSA) is 71.5 Å². The van der Waals surface area contributed by atoms with Crippen molar-refractivity contribution in [2.45, 2.75) is 44.7 Å². The second kappa shape index (κ2) is 11.7. The predicted octanol–water partition coefficient (Wildman–Crippen LogP) is 6.01. The Bertz CT molecular complexity index is 1270. The summed E-state index contributed by atoms with van der Waals surface area (Å²) < 4.78 is 44.6. The first-order valence-corrected chi connectivity index (χ1v) is 12.5. The lowest BCUT2D eigenvalue weighted by Gasteiger charge is -2.32. The van der Waals surface area contributed by atoms with Crippen LogP contribution < -0.4 is 10.1 Å². The van der Waals surface area contributed by atoms with Gasteiger partial charge in [0.2, 0.25) is 11.8 Å². The number of hydrogen-bond acceptors (Lipinski definition) is 4. The Morgan fingerprint density at radius 3 is 2.37 bits per heavy atom. The number of carbonyl (C=O) groups excluding carboxylic acids is 2. The van der Waals surface area contributed by atoms with Gasteiger partial charge in [0.1, 0.15) is 0 Å². The summed E-state index contributed by atoms with van der Waals surface area (Å²) in [7, 11) is 1.56. The summed E-state index contributed by atoms with van der Waals surface area (Å²) in [6, 6.07) is 14.7. The third kappa shape index (κ3) is 6.51. The fourth-order valence-electron chi connectivity index (χ4n) is 4.78. The summed E-state index contributed by atoms with van der Waals surface area (Å²) in [6.07, 6.45) is -0.0568. The first kappa shape index (κ1) is 27.2. The van der Waals surface area contributed by atoms with Crippen LogP contribution in [0.2, 0.25) is 0 Å². The van der Waals surface area contributed by atoms with Crippen molar-refractivity contribution in [1.29, 1.82) is 0 Å². The minimum absolute atomic E-state index is 0.0100. The Kier molecular flexibility index (Phi) is 8.34. The average molecular weight is 526 g/mol. The highest BCUT2D eigenvalue weighted by molar-refractivity contribution is 6.05. The SMILES string of the molecule is COc1ccc(CCC(=O)N2CCC(c3ccc(NC(=O)c4cccc(C(F)(F)F)c4C)cc3)CC2)cn1. The van der Waals surface area contributed by atoms with Gasteiger partial charge in [-0.05, 0) is 73.1 Å². The van der Waals surface area contributed by atoms with Crippen molar-refractivity contribution in [2.75, 3.05) is 25.5 Å². The van der Waals surface area contributed by atoms with Gasteiger partial charge in [0.25, 0.3) is 5.91 Å². The van der Waals surface area contributed by atoms with Gasteiger partial charge in [0, 0.05) is 43.0 Å². The highest BCUT2D eigenvalue weighted by atomic mass is 19.4. The molecule has 0 spiro atoms. The molecule has 0 radical (unpaired) electrons. The van der Waals surface area contributed by atoms with E-state index >= 15 is 0 Å². The number of benzene rings is 2. The van der Waals surface area contributed by atoms with Crippen molar-refractivity contribution in [2.24, 2.45) is 0 Å². The number of rotatable bonds is 7. The van der Waals surface area contributed by atoms with Crippen LogP contribution in [-0.2, 0) is 17.4 Å². The van der Waals surface area contributed by atoms with Crippen LogP contribution in [0.3, 0.4) is 0 Å². The van der Waals surface area contributed by atoms with Crippen LogP contribution in [0.4, 0.5) is 18.9 Å². The smallest absolute Gasteiger partial charge is 0.416 e. The molecule has 4 rings (SSSR count). The standard InChI is InChI=1S/C29H30F3N3O3/c1-19-24(4-3-5-25(19)29(30,31)32)28(37)34-23-10-8-21(9-11-23)22-14-16-35(17-15-22)27(36)13-7-20-6-12-26(38-2)33-18-20/h3-6,8-12,18,22H,7,13-17H2,1-2H3,(H,34,37). The van der Waals surface area contributed by atoms with E-state index in [1.807, 2.05) is 23.1 Å². The van der Waals surface area contributed by atoms with Crippen LogP contribution in [0.25, 0.3) is 0 Å². The van der Waals surface area contributed by atoms with Crippen LogP contribution in [0, 0.1) is 6.92 Å². The molecular formula is C29H30F3N3O3. The lowest BCUT2D eigenvalue weighted by atomic mass is 9.89. The zero-order valence-electron chi connectivity index (χ0n) is 21.3. The number of pyridine rings is 1. The normalized spacial score (nSPS) is 14.3. The zero-order chi connectivity index (χ0) is 27.3. The van der Waals surface area contributed by atoms with Crippen LogP contribution in [0.5, 0.6) is 5.88 Å². The second-order valence-corrected chi connectivity index (χ2v) is 9.42. The first-order chi connectivity index (χ1) is 18.2. The molecule has 1 aliphatic rings. The van der Waals surface area contributed by atoms with Crippen molar-refractivity contribution in [3.05, 3.63) is 88.6 Å². The molecule has 1 saturated heterocycles. The zero-order valence-corrected chi connectivity index (χ0v) is 21.3. The third-order valence-electron chi connectivity index (χ3n) is 7.01. The molecular weight excluding hydrogens is 495 g/mol. The van der Waals surface area contributed by atoms with Gasteiger partial charge in [-0.25, -0.2) is 4.98 Å². The van der Waals surface area contributed by atoms with Gasteiger partial charge in [0.05, 0.1) is 12.7 Å². The molecule has 1 aromatic heterocycles.